The molecule has 1 rings (SSSR count). The van der Waals surface area contributed by atoms with Crippen molar-refractivity contribution in [1.82, 2.24) is 4.72 Å². The molecule has 0 spiro atoms. The molecule has 0 heterocycles. The van der Waals surface area contributed by atoms with Crippen molar-refractivity contribution in [1.29, 1.82) is 0 Å². The van der Waals surface area contributed by atoms with Crippen molar-refractivity contribution >= 4 is 15.7 Å². The van der Waals surface area contributed by atoms with E-state index in [2.05, 4.69) is 4.72 Å². The molecule has 19 heavy (non-hydrogen) atoms. The monoisotopic (exact) mass is 286 g/mol. The molecule has 0 aliphatic heterocycles. The summed E-state index contributed by atoms with van der Waals surface area (Å²) in [6.45, 7) is 3.62. The Morgan fingerprint density at radius 3 is 2.32 bits per heavy atom. The van der Waals surface area contributed by atoms with Crippen molar-refractivity contribution in [2.24, 2.45) is 0 Å². The second-order valence-corrected chi connectivity index (χ2v) is 6.84. The molecular formula is C12H18N2O4S. The first kappa shape index (κ1) is 15.6. The van der Waals surface area contributed by atoms with Crippen LogP contribution >= 0.6 is 0 Å². The number of hydrogen-bond donors (Lipinski definition) is 1. The lowest BCUT2D eigenvalue weighted by atomic mass is 10.1. The standard InChI is InChI=1S/C12H18N2O4S/c1-10(2)19(17,18)13-9-3-4-11-5-7-12(8-6-11)14(15)16/h5-8,10,13H,3-4,9H2,1-2H3. The SMILES string of the molecule is CC(C)S(=O)(=O)NCCCc1ccc([N+](=O)[O-])cc1. The predicted octanol–water partition coefficient (Wildman–Crippen LogP) is 1.86. The summed E-state index contributed by atoms with van der Waals surface area (Å²) in [5, 5.41) is 10.0. The highest BCUT2D eigenvalue weighted by molar-refractivity contribution is 7.90. The number of nitro benzene ring substituents is 1. The number of nitrogens with one attached hydrogen (secondary N) is 1. The molecule has 0 fully saturated rings. The zero-order chi connectivity index (χ0) is 14.5. The van der Waals surface area contributed by atoms with Crippen LogP contribution in [0.1, 0.15) is 25.8 Å². The molecule has 0 aliphatic rings. The molecule has 1 aromatic rings. The molecule has 1 N–H and O–H groups in total. The van der Waals surface area contributed by atoms with Crippen LogP contribution in [0.4, 0.5) is 5.69 Å². The molecule has 0 saturated carbocycles. The van der Waals surface area contributed by atoms with Gasteiger partial charge < -0.3 is 0 Å². The second-order valence-electron chi connectivity index (χ2n) is 4.52. The smallest absolute Gasteiger partial charge is 0.258 e. The van der Waals surface area contributed by atoms with Gasteiger partial charge in [0.15, 0.2) is 0 Å². The first-order chi connectivity index (χ1) is 8.83. The van der Waals surface area contributed by atoms with Gasteiger partial charge in [0.05, 0.1) is 10.2 Å². The normalized spacial score (nSPS) is 11.7. The molecule has 0 saturated heterocycles. The number of non-ortho nitro benzene ring substituents is 1. The number of nitro groups is 1. The van der Waals surface area contributed by atoms with E-state index in [4.69, 9.17) is 0 Å². The molecular weight excluding hydrogens is 268 g/mol. The minimum absolute atomic E-state index is 0.0595. The van der Waals surface area contributed by atoms with E-state index in [1.54, 1.807) is 26.0 Å². The number of aryl methyl sites for hydroxylation is 1. The molecule has 0 aromatic heterocycles. The van der Waals surface area contributed by atoms with Crippen LogP contribution in [0.25, 0.3) is 0 Å². The summed E-state index contributed by atoms with van der Waals surface area (Å²) in [5.41, 5.74) is 1.01. The van der Waals surface area contributed by atoms with Gasteiger partial charge in [-0.3, -0.25) is 10.1 Å². The number of rotatable bonds is 7. The van der Waals surface area contributed by atoms with Gasteiger partial charge in [0.2, 0.25) is 10.0 Å². The van der Waals surface area contributed by atoms with E-state index in [0.29, 0.717) is 19.4 Å². The Bertz CT molecular complexity index is 523. The van der Waals surface area contributed by atoms with Crippen LogP contribution in [0.15, 0.2) is 24.3 Å². The maximum absolute atomic E-state index is 11.5. The molecule has 0 aliphatic carbocycles. The molecule has 0 atom stereocenters. The molecule has 0 amide bonds. The number of sulfonamides is 1. The highest BCUT2D eigenvalue weighted by Gasteiger charge is 2.14. The molecule has 7 heteroatoms. The summed E-state index contributed by atoms with van der Waals surface area (Å²) in [5.74, 6) is 0. The van der Waals surface area contributed by atoms with Gasteiger partial charge in [0.25, 0.3) is 5.69 Å². The van der Waals surface area contributed by atoms with Gasteiger partial charge in [-0.05, 0) is 32.3 Å². The zero-order valence-electron chi connectivity index (χ0n) is 11.0. The van der Waals surface area contributed by atoms with Crippen molar-refractivity contribution in [3.63, 3.8) is 0 Å². The number of nitrogens with zero attached hydrogens (tertiary/aromatic N) is 1. The van der Waals surface area contributed by atoms with Gasteiger partial charge in [-0.25, -0.2) is 13.1 Å². The first-order valence-electron chi connectivity index (χ1n) is 6.05. The highest BCUT2D eigenvalue weighted by Crippen LogP contribution is 2.12. The molecule has 106 valence electrons. The van der Waals surface area contributed by atoms with Crippen LogP contribution in [0.2, 0.25) is 0 Å². The minimum Gasteiger partial charge on any atom is -0.258 e. The van der Waals surface area contributed by atoms with Crippen molar-refractivity contribution in [3.05, 3.63) is 39.9 Å². The fraction of sp³-hybridized carbons (Fsp3) is 0.500. The van der Waals surface area contributed by atoms with Gasteiger partial charge in [-0.1, -0.05) is 12.1 Å². The lowest BCUT2D eigenvalue weighted by Gasteiger charge is -2.09. The quantitative estimate of drug-likeness (QED) is 0.470. The van der Waals surface area contributed by atoms with Crippen LogP contribution in [0.5, 0.6) is 0 Å². The topological polar surface area (TPSA) is 89.3 Å². The molecule has 0 bridgehead atoms. The summed E-state index contributed by atoms with van der Waals surface area (Å²) < 4.78 is 25.5. The lowest BCUT2D eigenvalue weighted by molar-refractivity contribution is -0.384. The van der Waals surface area contributed by atoms with Crippen molar-refractivity contribution in [2.75, 3.05) is 6.54 Å². The zero-order valence-corrected chi connectivity index (χ0v) is 11.8. The highest BCUT2D eigenvalue weighted by atomic mass is 32.2. The van der Waals surface area contributed by atoms with E-state index in [-0.39, 0.29) is 5.69 Å². The van der Waals surface area contributed by atoms with Crippen LogP contribution in [-0.4, -0.2) is 25.1 Å². The Labute approximate surface area is 113 Å². The van der Waals surface area contributed by atoms with Crippen molar-refractivity contribution < 1.29 is 13.3 Å². The number of benzene rings is 1. The van der Waals surface area contributed by atoms with E-state index in [1.807, 2.05) is 0 Å². The maximum atomic E-state index is 11.5. The van der Waals surface area contributed by atoms with Gasteiger partial charge in [0.1, 0.15) is 0 Å². The molecule has 0 radical (unpaired) electrons. The lowest BCUT2D eigenvalue weighted by Crippen LogP contribution is -2.31. The van der Waals surface area contributed by atoms with E-state index in [1.165, 1.54) is 12.1 Å². The average Bonchev–Trinajstić information content (AvgIpc) is 2.35. The Morgan fingerprint density at radius 2 is 1.84 bits per heavy atom. The summed E-state index contributed by atoms with van der Waals surface area (Å²) in [6.07, 6.45) is 1.34. The molecule has 0 unspecified atom stereocenters. The van der Waals surface area contributed by atoms with Crippen molar-refractivity contribution in [3.8, 4) is 0 Å². The Kier molecular flexibility index (Phi) is 5.44. The van der Waals surface area contributed by atoms with E-state index >= 15 is 0 Å². The van der Waals surface area contributed by atoms with Gasteiger partial charge in [-0.15, -0.1) is 0 Å². The maximum Gasteiger partial charge on any atom is 0.269 e. The molecule has 1 aromatic carbocycles. The van der Waals surface area contributed by atoms with E-state index in [0.717, 1.165) is 5.56 Å². The largest absolute Gasteiger partial charge is 0.269 e. The Morgan fingerprint density at radius 1 is 1.26 bits per heavy atom. The molecule has 6 nitrogen and oxygen atoms in total. The number of hydrogen-bond acceptors (Lipinski definition) is 4. The van der Waals surface area contributed by atoms with Gasteiger partial charge in [0, 0.05) is 18.7 Å². The third-order valence-corrected chi connectivity index (χ3v) is 4.56. The summed E-state index contributed by atoms with van der Waals surface area (Å²) in [7, 11) is -3.21. The Hall–Kier alpha value is -1.47. The van der Waals surface area contributed by atoms with Gasteiger partial charge in [-0.2, -0.15) is 0 Å². The third-order valence-electron chi connectivity index (χ3n) is 2.71. The summed E-state index contributed by atoms with van der Waals surface area (Å²) in [6, 6.07) is 6.28. The minimum atomic E-state index is -3.21. The third kappa shape index (κ3) is 4.96. The van der Waals surface area contributed by atoms with Crippen LogP contribution in [-0.2, 0) is 16.4 Å². The Balaban J connectivity index is 2.40. The van der Waals surface area contributed by atoms with Gasteiger partial charge >= 0.3 is 0 Å². The van der Waals surface area contributed by atoms with Crippen LogP contribution < -0.4 is 4.72 Å². The first-order valence-corrected chi connectivity index (χ1v) is 7.59. The second kappa shape index (κ2) is 6.63. The predicted molar refractivity (Wildman–Crippen MR) is 73.5 cm³/mol. The van der Waals surface area contributed by atoms with Crippen LogP contribution in [0.3, 0.4) is 0 Å². The van der Waals surface area contributed by atoms with Crippen molar-refractivity contribution in [2.45, 2.75) is 31.9 Å². The average molecular weight is 286 g/mol. The van der Waals surface area contributed by atoms with Crippen LogP contribution in [0, 0.1) is 10.1 Å². The summed E-state index contributed by atoms with van der Waals surface area (Å²) >= 11 is 0. The van der Waals surface area contributed by atoms with E-state index < -0.39 is 20.2 Å². The fourth-order valence-electron chi connectivity index (χ4n) is 1.46. The summed E-state index contributed by atoms with van der Waals surface area (Å²) in [4.78, 5) is 10.0. The van der Waals surface area contributed by atoms with E-state index in [9.17, 15) is 18.5 Å². The fourth-order valence-corrected chi connectivity index (χ4v) is 2.22.